The Labute approximate surface area is 104 Å². The number of carbonyl (C=O) groups excluding carboxylic acids is 1. The van der Waals surface area contributed by atoms with E-state index in [0.29, 0.717) is 25.2 Å². The number of nitrogens with one attached hydrogen (secondary N) is 1. The SMILES string of the molecule is O=C(N[C@@]1(C(=O)O)CCSC1)[C@@H]1CCCCO1. The van der Waals surface area contributed by atoms with Gasteiger partial charge in [0.25, 0.3) is 0 Å². The molecular weight excluding hydrogens is 242 g/mol. The molecule has 96 valence electrons. The molecule has 2 atom stereocenters. The first-order valence-electron chi connectivity index (χ1n) is 5.89. The second kappa shape index (κ2) is 5.27. The molecule has 2 aliphatic heterocycles. The van der Waals surface area contributed by atoms with Gasteiger partial charge in [0, 0.05) is 12.4 Å². The molecule has 2 rings (SSSR count). The summed E-state index contributed by atoms with van der Waals surface area (Å²) in [5.74, 6) is 0.0140. The van der Waals surface area contributed by atoms with Gasteiger partial charge in [-0.2, -0.15) is 11.8 Å². The lowest BCUT2D eigenvalue weighted by Gasteiger charge is -2.29. The van der Waals surface area contributed by atoms with E-state index in [1.54, 1.807) is 11.8 Å². The molecule has 0 spiro atoms. The van der Waals surface area contributed by atoms with Gasteiger partial charge < -0.3 is 15.2 Å². The molecule has 2 N–H and O–H groups in total. The topological polar surface area (TPSA) is 75.6 Å². The van der Waals surface area contributed by atoms with Gasteiger partial charge in [-0.3, -0.25) is 4.79 Å². The van der Waals surface area contributed by atoms with Gasteiger partial charge in [0.1, 0.15) is 11.6 Å². The third-order valence-corrected chi connectivity index (χ3v) is 4.46. The molecule has 0 aliphatic carbocycles. The fraction of sp³-hybridized carbons (Fsp3) is 0.818. The zero-order valence-electron chi connectivity index (χ0n) is 9.61. The summed E-state index contributed by atoms with van der Waals surface area (Å²) < 4.78 is 5.36. The highest BCUT2D eigenvalue weighted by Crippen LogP contribution is 2.28. The summed E-state index contributed by atoms with van der Waals surface area (Å²) >= 11 is 1.56. The second-order valence-corrected chi connectivity index (χ2v) is 5.64. The molecule has 0 aromatic carbocycles. The van der Waals surface area contributed by atoms with Crippen LogP contribution in [0.3, 0.4) is 0 Å². The van der Waals surface area contributed by atoms with Crippen LogP contribution in [-0.4, -0.2) is 46.7 Å². The summed E-state index contributed by atoms with van der Waals surface area (Å²) in [4.78, 5) is 23.2. The fourth-order valence-electron chi connectivity index (χ4n) is 2.15. The molecule has 2 heterocycles. The Hall–Kier alpha value is -0.750. The molecular formula is C11H17NO4S. The molecule has 5 nitrogen and oxygen atoms in total. The van der Waals surface area contributed by atoms with Gasteiger partial charge in [0.15, 0.2) is 0 Å². The quantitative estimate of drug-likeness (QED) is 0.777. The number of thioether (sulfide) groups is 1. The van der Waals surface area contributed by atoms with Gasteiger partial charge in [-0.25, -0.2) is 4.79 Å². The largest absolute Gasteiger partial charge is 0.479 e. The molecule has 1 amide bonds. The lowest BCUT2D eigenvalue weighted by atomic mass is 9.98. The molecule has 2 fully saturated rings. The van der Waals surface area contributed by atoms with Crippen molar-refractivity contribution in [3.63, 3.8) is 0 Å². The highest BCUT2D eigenvalue weighted by molar-refractivity contribution is 7.99. The molecule has 0 saturated carbocycles. The van der Waals surface area contributed by atoms with E-state index in [1.807, 2.05) is 0 Å². The first kappa shape index (κ1) is 12.7. The van der Waals surface area contributed by atoms with Crippen molar-refractivity contribution in [3.8, 4) is 0 Å². The maximum Gasteiger partial charge on any atom is 0.330 e. The number of ether oxygens (including phenoxy) is 1. The fourth-order valence-corrected chi connectivity index (χ4v) is 3.48. The molecule has 0 radical (unpaired) electrons. The van der Waals surface area contributed by atoms with Gasteiger partial charge in [0.05, 0.1) is 0 Å². The molecule has 6 heteroatoms. The van der Waals surface area contributed by atoms with E-state index in [9.17, 15) is 14.7 Å². The van der Waals surface area contributed by atoms with Crippen LogP contribution < -0.4 is 5.32 Å². The summed E-state index contributed by atoms with van der Waals surface area (Å²) in [5, 5.41) is 11.9. The van der Waals surface area contributed by atoms with Crippen molar-refractivity contribution < 1.29 is 19.4 Å². The van der Waals surface area contributed by atoms with E-state index < -0.39 is 17.6 Å². The van der Waals surface area contributed by atoms with E-state index in [0.717, 1.165) is 18.6 Å². The normalized spacial score (nSPS) is 33.3. The van der Waals surface area contributed by atoms with Crippen LogP contribution in [0.15, 0.2) is 0 Å². The summed E-state index contributed by atoms with van der Waals surface area (Å²) in [6.45, 7) is 0.590. The summed E-state index contributed by atoms with van der Waals surface area (Å²) in [6, 6.07) is 0. The number of rotatable bonds is 3. The molecule has 2 saturated heterocycles. The Morgan fingerprint density at radius 2 is 2.24 bits per heavy atom. The molecule has 0 aromatic rings. The summed E-state index contributed by atoms with van der Waals surface area (Å²) in [6.07, 6.45) is 2.65. The van der Waals surface area contributed by atoms with Gasteiger partial charge >= 0.3 is 5.97 Å². The third-order valence-electron chi connectivity index (χ3n) is 3.27. The molecule has 0 unspecified atom stereocenters. The van der Waals surface area contributed by atoms with Gasteiger partial charge in [-0.05, 0) is 31.4 Å². The minimum atomic E-state index is -1.08. The zero-order valence-corrected chi connectivity index (χ0v) is 10.4. The molecule has 2 aliphatic rings. The Kier molecular flexibility index (Phi) is 3.93. The van der Waals surface area contributed by atoms with Crippen molar-refractivity contribution in [1.82, 2.24) is 5.32 Å². The lowest BCUT2D eigenvalue weighted by molar-refractivity contribution is -0.149. The third kappa shape index (κ3) is 2.74. The number of hydrogen-bond acceptors (Lipinski definition) is 4. The number of carbonyl (C=O) groups is 2. The Morgan fingerprint density at radius 1 is 1.41 bits per heavy atom. The number of carboxylic acids is 1. The van der Waals surface area contributed by atoms with Crippen molar-refractivity contribution in [2.75, 3.05) is 18.1 Å². The lowest BCUT2D eigenvalue weighted by Crippen LogP contribution is -2.57. The van der Waals surface area contributed by atoms with Crippen molar-refractivity contribution >= 4 is 23.6 Å². The van der Waals surface area contributed by atoms with Gasteiger partial charge in [-0.1, -0.05) is 0 Å². The highest BCUT2D eigenvalue weighted by atomic mass is 32.2. The smallest absolute Gasteiger partial charge is 0.330 e. The van der Waals surface area contributed by atoms with Gasteiger partial charge in [0.2, 0.25) is 5.91 Å². The number of amides is 1. The number of hydrogen-bond donors (Lipinski definition) is 2. The van der Waals surface area contributed by atoms with Crippen LogP contribution in [0.5, 0.6) is 0 Å². The summed E-state index contributed by atoms with van der Waals surface area (Å²) in [7, 11) is 0. The first-order valence-corrected chi connectivity index (χ1v) is 7.04. The van der Waals surface area contributed by atoms with Crippen LogP contribution in [0.2, 0.25) is 0 Å². The first-order chi connectivity index (χ1) is 8.14. The molecule has 0 bridgehead atoms. The van der Waals surface area contributed by atoms with E-state index >= 15 is 0 Å². The van der Waals surface area contributed by atoms with Crippen molar-refractivity contribution in [1.29, 1.82) is 0 Å². The van der Waals surface area contributed by atoms with Gasteiger partial charge in [-0.15, -0.1) is 0 Å². The van der Waals surface area contributed by atoms with Crippen molar-refractivity contribution in [2.24, 2.45) is 0 Å². The average Bonchev–Trinajstić information content (AvgIpc) is 2.80. The minimum Gasteiger partial charge on any atom is -0.479 e. The Balaban J connectivity index is 1.98. The number of aliphatic carboxylic acids is 1. The zero-order chi connectivity index (χ0) is 12.3. The standard InChI is InChI=1S/C11H17NO4S/c13-9(8-3-1-2-5-16-8)12-11(10(14)15)4-6-17-7-11/h8H,1-7H2,(H,12,13)(H,14,15)/t8-,11-/m0/s1. The van der Waals surface area contributed by atoms with Crippen molar-refractivity contribution in [3.05, 3.63) is 0 Å². The average molecular weight is 259 g/mol. The van der Waals surface area contributed by atoms with E-state index in [1.165, 1.54) is 0 Å². The Morgan fingerprint density at radius 3 is 2.76 bits per heavy atom. The predicted octanol–water partition coefficient (Wildman–Crippen LogP) is 0.632. The molecule has 17 heavy (non-hydrogen) atoms. The summed E-state index contributed by atoms with van der Waals surface area (Å²) in [5.41, 5.74) is -1.08. The molecule has 0 aromatic heterocycles. The van der Waals surface area contributed by atoms with E-state index in [4.69, 9.17) is 4.74 Å². The monoisotopic (exact) mass is 259 g/mol. The Bertz CT molecular complexity index is 309. The van der Waals surface area contributed by atoms with Crippen LogP contribution in [-0.2, 0) is 14.3 Å². The highest BCUT2D eigenvalue weighted by Gasteiger charge is 2.44. The maximum atomic E-state index is 12.0. The van der Waals surface area contributed by atoms with E-state index in [-0.39, 0.29) is 5.91 Å². The van der Waals surface area contributed by atoms with Crippen LogP contribution >= 0.6 is 11.8 Å². The van der Waals surface area contributed by atoms with Crippen LogP contribution in [0.25, 0.3) is 0 Å². The predicted molar refractivity (Wildman–Crippen MR) is 64.0 cm³/mol. The minimum absolute atomic E-state index is 0.269. The van der Waals surface area contributed by atoms with Crippen LogP contribution in [0.1, 0.15) is 25.7 Å². The number of carboxylic acid groups (broad SMARTS) is 1. The van der Waals surface area contributed by atoms with E-state index in [2.05, 4.69) is 5.32 Å². The maximum absolute atomic E-state index is 12.0. The van der Waals surface area contributed by atoms with Crippen molar-refractivity contribution in [2.45, 2.75) is 37.3 Å². The van der Waals surface area contributed by atoms with Crippen LogP contribution in [0.4, 0.5) is 0 Å². The van der Waals surface area contributed by atoms with Crippen LogP contribution in [0, 0.1) is 0 Å². The second-order valence-electron chi connectivity index (χ2n) is 4.53.